The van der Waals surface area contributed by atoms with Gasteiger partial charge < -0.3 is 0 Å². The highest BCUT2D eigenvalue weighted by molar-refractivity contribution is 5.43. The number of aromatic nitrogens is 3. The van der Waals surface area contributed by atoms with E-state index in [-0.39, 0.29) is 0 Å². The van der Waals surface area contributed by atoms with Crippen molar-refractivity contribution in [2.24, 2.45) is 0 Å². The van der Waals surface area contributed by atoms with Crippen molar-refractivity contribution in [3.63, 3.8) is 0 Å². The minimum Gasteiger partial charge on any atom is -0.289 e. The second-order valence-corrected chi connectivity index (χ2v) is 2.91. The Hall–Kier alpha value is -2.15. The lowest BCUT2D eigenvalue weighted by Crippen LogP contribution is -1.99. The van der Waals surface area contributed by atoms with E-state index in [1.54, 1.807) is 29.4 Å². The average molecular weight is 184 g/mol. The summed E-state index contributed by atoms with van der Waals surface area (Å²) in [5.74, 6) is 0.630. The van der Waals surface area contributed by atoms with Crippen LogP contribution in [0.3, 0.4) is 0 Å². The Kier molecular flexibility index (Phi) is 1.99. The number of pyridine rings is 1. The fourth-order valence-corrected chi connectivity index (χ4v) is 1.21. The first-order valence-electron chi connectivity index (χ1n) is 4.17. The molecule has 0 N–H and O–H groups in total. The van der Waals surface area contributed by atoms with Gasteiger partial charge in [-0.05, 0) is 19.1 Å². The van der Waals surface area contributed by atoms with E-state index in [2.05, 4.69) is 16.0 Å². The normalized spacial score (nSPS) is 9.71. The van der Waals surface area contributed by atoms with Gasteiger partial charge in [0.1, 0.15) is 12.4 Å². The van der Waals surface area contributed by atoms with Gasteiger partial charge in [0.25, 0.3) is 0 Å². The standard InChI is InChI=1S/C10H8N4/c1-8-2-3-9(6-11)10(13-8)14-5-4-12-7-14/h2-5,7H,1H3. The van der Waals surface area contributed by atoms with Gasteiger partial charge in [-0.25, -0.2) is 9.97 Å². The number of hydrogen-bond donors (Lipinski definition) is 0. The van der Waals surface area contributed by atoms with E-state index in [0.717, 1.165) is 5.69 Å². The summed E-state index contributed by atoms with van der Waals surface area (Å²) < 4.78 is 1.73. The van der Waals surface area contributed by atoms with Gasteiger partial charge in [-0.1, -0.05) is 0 Å². The van der Waals surface area contributed by atoms with Gasteiger partial charge in [-0.2, -0.15) is 5.26 Å². The molecule has 2 aromatic rings. The lowest BCUT2D eigenvalue weighted by atomic mass is 10.2. The zero-order valence-corrected chi connectivity index (χ0v) is 7.68. The molecule has 4 heteroatoms. The first kappa shape index (κ1) is 8.45. The van der Waals surface area contributed by atoms with Gasteiger partial charge in [0.05, 0.1) is 5.56 Å². The third-order valence-corrected chi connectivity index (χ3v) is 1.88. The molecule has 0 aliphatic carbocycles. The quantitative estimate of drug-likeness (QED) is 0.674. The third-order valence-electron chi connectivity index (χ3n) is 1.88. The molecule has 2 rings (SSSR count). The zero-order chi connectivity index (χ0) is 9.97. The Morgan fingerprint density at radius 3 is 2.93 bits per heavy atom. The van der Waals surface area contributed by atoms with Crippen LogP contribution in [0.25, 0.3) is 5.82 Å². The van der Waals surface area contributed by atoms with Crippen LogP contribution in [0.4, 0.5) is 0 Å². The molecule has 0 saturated carbocycles. The molecule has 0 unspecified atom stereocenters. The summed E-state index contributed by atoms with van der Waals surface area (Å²) >= 11 is 0. The van der Waals surface area contributed by atoms with Crippen molar-refractivity contribution in [2.45, 2.75) is 6.92 Å². The third kappa shape index (κ3) is 1.36. The second-order valence-electron chi connectivity index (χ2n) is 2.91. The lowest BCUT2D eigenvalue weighted by molar-refractivity contribution is 0.968. The molecule has 4 nitrogen and oxygen atoms in total. The fourth-order valence-electron chi connectivity index (χ4n) is 1.21. The Bertz CT molecular complexity index is 479. The van der Waals surface area contributed by atoms with Crippen molar-refractivity contribution >= 4 is 0 Å². The summed E-state index contributed by atoms with van der Waals surface area (Å²) in [6.07, 6.45) is 5.05. The smallest absolute Gasteiger partial charge is 0.156 e. The van der Waals surface area contributed by atoms with Crippen LogP contribution in [0.2, 0.25) is 0 Å². The summed E-state index contributed by atoms with van der Waals surface area (Å²) in [5.41, 5.74) is 1.43. The summed E-state index contributed by atoms with van der Waals surface area (Å²) in [6.45, 7) is 1.89. The van der Waals surface area contributed by atoms with Gasteiger partial charge in [0.2, 0.25) is 0 Å². The van der Waals surface area contributed by atoms with Crippen LogP contribution >= 0.6 is 0 Å². The lowest BCUT2D eigenvalue weighted by Gasteiger charge is -2.03. The number of nitrogens with zero attached hydrogens (tertiary/aromatic N) is 4. The zero-order valence-electron chi connectivity index (χ0n) is 7.68. The molecule has 68 valence electrons. The van der Waals surface area contributed by atoms with Gasteiger partial charge >= 0.3 is 0 Å². The largest absolute Gasteiger partial charge is 0.289 e. The monoisotopic (exact) mass is 184 g/mol. The molecular weight excluding hydrogens is 176 g/mol. The molecule has 0 aliphatic rings. The molecule has 0 saturated heterocycles. The summed E-state index contributed by atoms with van der Waals surface area (Å²) in [5, 5.41) is 8.88. The second kappa shape index (κ2) is 3.30. The molecule has 0 fully saturated rings. The molecule has 0 spiro atoms. The summed E-state index contributed by atoms with van der Waals surface area (Å²) in [4.78, 5) is 8.20. The number of aryl methyl sites for hydroxylation is 1. The first-order valence-corrected chi connectivity index (χ1v) is 4.17. The molecule has 0 amide bonds. The molecule has 0 atom stereocenters. The highest BCUT2D eigenvalue weighted by Gasteiger charge is 2.04. The number of rotatable bonds is 1. The van der Waals surface area contributed by atoms with Crippen LogP contribution in [0, 0.1) is 18.3 Å². The molecule has 0 aromatic carbocycles. The summed E-state index contributed by atoms with van der Waals surface area (Å²) in [6, 6.07) is 5.68. The van der Waals surface area contributed by atoms with Gasteiger partial charge in [-0.15, -0.1) is 0 Å². The Morgan fingerprint density at radius 1 is 1.43 bits per heavy atom. The average Bonchev–Trinajstić information content (AvgIpc) is 2.70. The Morgan fingerprint density at radius 2 is 2.29 bits per heavy atom. The van der Waals surface area contributed by atoms with E-state index in [4.69, 9.17) is 5.26 Å². The predicted molar refractivity (Wildman–Crippen MR) is 50.8 cm³/mol. The van der Waals surface area contributed by atoms with Crippen LogP contribution in [0.5, 0.6) is 0 Å². The van der Waals surface area contributed by atoms with Crippen LogP contribution in [-0.2, 0) is 0 Å². The number of imidazole rings is 1. The molecular formula is C10H8N4. The van der Waals surface area contributed by atoms with Crippen LogP contribution < -0.4 is 0 Å². The van der Waals surface area contributed by atoms with Gasteiger partial charge in [-0.3, -0.25) is 4.57 Å². The van der Waals surface area contributed by atoms with Crippen molar-refractivity contribution < 1.29 is 0 Å². The molecule has 2 heterocycles. The van der Waals surface area contributed by atoms with E-state index in [9.17, 15) is 0 Å². The van der Waals surface area contributed by atoms with Crippen LogP contribution in [-0.4, -0.2) is 14.5 Å². The van der Waals surface area contributed by atoms with Gasteiger partial charge in [0.15, 0.2) is 5.82 Å². The van der Waals surface area contributed by atoms with Crippen molar-refractivity contribution in [3.05, 3.63) is 42.1 Å². The first-order chi connectivity index (χ1) is 6.81. The highest BCUT2D eigenvalue weighted by atomic mass is 15.1. The minimum atomic E-state index is 0.550. The fraction of sp³-hybridized carbons (Fsp3) is 0.100. The maximum absolute atomic E-state index is 8.88. The predicted octanol–water partition coefficient (Wildman–Crippen LogP) is 1.45. The van der Waals surface area contributed by atoms with E-state index in [1.165, 1.54) is 0 Å². The topological polar surface area (TPSA) is 54.5 Å². The van der Waals surface area contributed by atoms with E-state index in [0.29, 0.717) is 11.4 Å². The molecule has 0 bridgehead atoms. The van der Waals surface area contributed by atoms with Crippen molar-refractivity contribution in [1.29, 1.82) is 5.26 Å². The van der Waals surface area contributed by atoms with Crippen molar-refractivity contribution in [2.75, 3.05) is 0 Å². The SMILES string of the molecule is Cc1ccc(C#N)c(-n2ccnc2)n1. The molecule has 0 radical (unpaired) electrons. The summed E-state index contributed by atoms with van der Waals surface area (Å²) in [7, 11) is 0. The number of nitriles is 1. The Labute approximate surface area is 81.5 Å². The van der Waals surface area contributed by atoms with Crippen LogP contribution in [0.1, 0.15) is 11.3 Å². The van der Waals surface area contributed by atoms with E-state index >= 15 is 0 Å². The molecule has 14 heavy (non-hydrogen) atoms. The van der Waals surface area contributed by atoms with E-state index in [1.807, 2.05) is 13.0 Å². The van der Waals surface area contributed by atoms with Crippen LogP contribution in [0.15, 0.2) is 30.9 Å². The number of hydrogen-bond acceptors (Lipinski definition) is 3. The maximum Gasteiger partial charge on any atom is 0.156 e. The minimum absolute atomic E-state index is 0.550. The molecule has 0 aliphatic heterocycles. The Balaban J connectivity index is 2.63. The van der Waals surface area contributed by atoms with Gasteiger partial charge in [0, 0.05) is 18.1 Å². The van der Waals surface area contributed by atoms with Crippen molar-refractivity contribution in [1.82, 2.24) is 14.5 Å². The maximum atomic E-state index is 8.88. The van der Waals surface area contributed by atoms with Crippen molar-refractivity contribution in [3.8, 4) is 11.9 Å². The van der Waals surface area contributed by atoms with E-state index < -0.39 is 0 Å². The molecule has 2 aromatic heterocycles. The highest BCUT2D eigenvalue weighted by Crippen LogP contribution is 2.11.